The van der Waals surface area contributed by atoms with Gasteiger partial charge in [-0.15, -0.1) is 0 Å². The molecule has 2 N–H and O–H groups in total. The molecule has 2 aromatic rings. The molecule has 0 saturated heterocycles. The third kappa shape index (κ3) is 4.14. The van der Waals surface area contributed by atoms with Crippen molar-refractivity contribution >= 4 is 15.9 Å². The second-order valence-electron chi connectivity index (χ2n) is 4.47. The maximum Gasteiger partial charge on any atom is 0.274 e. The second kappa shape index (κ2) is 7.17. The van der Waals surface area contributed by atoms with Crippen molar-refractivity contribution in [1.29, 1.82) is 0 Å². The number of hydrogen-bond acceptors (Lipinski definition) is 4. The number of hydrogen-bond donors (Lipinski definition) is 2. The highest BCUT2D eigenvalue weighted by Crippen LogP contribution is 2.12. The molecule has 0 aromatic heterocycles. The molecule has 0 aliphatic rings. The normalized spacial score (nSPS) is 11.1. The summed E-state index contributed by atoms with van der Waals surface area (Å²) in [5, 5.41) is 0. The minimum atomic E-state index is -3.70. The molecule has 116 valence electrons. The molecule has 7 heteroatoms. The summed E-state index contributed by atoms with van der Waals surface area (Å²) in [6.07, 6.45) is 0. The molecular formula is C15H16N2O4S. The van der Waals surface area contributed by atoms with Crippen molar-refractivity contribution in [1.82, 2.24) is 10.2 Å². The molecule has 2 aromatic carbocycles. The molecule has 1 amide bonds. The maximum absolute atomic E-state index is 12.3. The van der Waals surface area contributed by atoms with Crippen LogP contribution < -0.4 is 10.2 Å². The summed E-state index contributed by atoms with van der Waals surface area (Å²) in [6.45, 7) is 0.178. The Morgan fingerprint density at radius 1 is 1.09 bits per heavy atom. The molecule has 0 spiro atoms. The van der Waals surface area contributed by atoms with Gasteiger partial charge in [0.25, 0.3) is 5.91 Å². The van der Waals surface area contributed by atoms with Gasteiger partial charge < -0.3 is 0 Å². The first-order valence-corrected chi connectivity index (χ1v) is 7.98. The Kier molecular flexibility index (Phi) is 5.26. The number of carbonyl (C=O) groups excluding carboxylic acids is 1. The smallest absolute Gasteiger partial charge is 0.274 e. The lowest BCUT2D eigenvalue weighted by Gasteiger charge is -2.08. The summed E-state index contributed by atoms with van der Waals surface area (Å²) in [5.41, 5.74) is 3.19. The molecule has 6 nitrogen and oxygen atoms in total. The Hall–Kier alpha value is -2.22. The number of nitrogens with one attached hydrogen (secondary N) is 2. The fourth-order valence-corrected chi connectivity index (χ4v) is 2.88. The third-order valence-electron chi connectivity index (χ3n) is 2.91. The first kappa shape index (κ1) is 16.2. The van der Waals surface area contributed by atoms with Crippen molar-refractivity contribution in [3.8, 4) is 0 Å². The number of rotatable bonds is 6. The first-order valence-electron chi connectivity index (χ1n) is 6.50. The molecule has 0 unspecified atom stereocenters. The van der Waals surface area contributed by atoms with E-state index in [0.717, 1.165) is 5.56 Å². The molecular weight excluding hydrogens is 304 g/mol. The van der Waals surface area contributed by atoms with Gasteiger partial charge in [0.05, 0.1) is 12.0 Å². The van der Waals surface area contributed by atoms with Crippen LogP contribution in [0.4, 0.5) is 0 Å². The quantitative estimate of drug-likeness (QED) is 0.789. The van der Waals surface area contributed by atoms with Crippen LogP contribution in [0, 0.1) is 0 Å². The highest BCUT2D eigenvalue weighted by molar-refractivity contribution is 7.89. The van der Waals surface area contributed by atoms with Crippen molar-refractivity contribution in [2.75, 3.05) is 7.11 Å². The molecule has 0 radical (unpaired) electrons. The molecule has 0 saturated carbocycles. The van der Waals surface area contributed by atoms with E-state index >= 15 is 0 Å². The van der Waals surface area contributed by atoms with Crippen LogP contribution in [0.5, 0.6) is 0 Å². The van der Waals surface area contributed by atoms with E-state index in [1.807, 2.05) is 30.3 Å². The summed E-state index contributed by atoms with van der Waals surface area (Å²) in [4.78, 5) is 16.2. The zero-order chi connectivity index (χ0) is 16.0. The van der Waals surface area contributed by atoms with E-state index in [2.05, 4.69) is 15.0 Å². The Morgan fingerprint density at radius 3 is 2.50 bits per heavy atom. The van der Waals surface area contributed by atoms with Crippen LogP contribution in [0.15, 0.2) is 59.5 Å². The average Bonchev–Trinajstić information content (AvgIpc) is 2.54. The van der Waals surface area contributed by atoms with Crippen LogP contribution in [-0.4, -0.2) is 21.4 Å². The highest BCUT2D eigenvalue weighted by Gasteiger charge is 2.16. The fraction of sp³-hybridized carbons (Fsp3) is 0.133. The SMILES string of the molecule is CONC(=O)c1cccc(S(=O)(=O)NCc2ccccc2)c1. The molecule has 0 fully saturated rings. The van der Waals surface area contributed by atoms with E-state index in [1.54, 1.807) is 0 Å². The van der Waals surface area contributed by atoms with Gasteiger partial charge in [0, 0.05) is 12.1 Å². The molecule has 22 heavy (non-hydrogen) atoms. The zero-order valence-corrected chi connectivity index (χ0v) is 12.8. The van der Waals surface area contributed by atoms with Gasteiger partial charge >= 0.3 is 0 Å². The summed E-state index contributed by atoms with van der Waals surface area (Å²) in [5.74, 6) is -0.511. The van der Waals surface area contributed by atoms with Crippen LogP contribution in [0.25, 0.3) is 0 Å². The van der Waals surface area contributed by atoms with E-state index in [1.165, 1.54) is 31.4 Å². The average molecular weight is 320 g/mol. The standard InChI is InChI=1S/C15H16N2O4S/c1-21-17-15(18)13-8-5-9-14(10-13)22(19,20)16-11-12-6-3-2-4-7-12/h2-10,16H,11H2,1H3,(H,17,18). The number of amides is 1. The van der Waals surface area contributed by atoms with E-state index in [-0.39, 0.29) is 17.0 Å². The minimum absolute atomic E-state index is 0.0205. The van der Waals surface area contributed by atoms with E-state index in [0.29, 0.717) is 0 Å². The Morgan fingerprint density at radius 2 is 1.82 bits per heavy atom. The van der Waals surface area contributed by atoms with Gasteiger partial charge in [0.1, 0.15) is 0 Å². The minimum Gasteiger partial charge on any atom is -0.277 e. The van der Waals surface area contributed by atoms with Gasteiger partial charge in [0.2, 0.25) is 10.0 Å². The first-order chi connectivity index (χ1) is 10.5. The van der Waals surface area contributed by atoms with Gasteiger partial charge in [0.15, 0.2) is 0 Å². The predicted octanol–water partition coefficient (Wildman–Crippen LogP) is 1.46. The van der Waals surface area contributed by atoms with Gasteiger partial charge in [-0.2, -0.15) is 0 Å². The summed E-state index contributed by atoms with van der Waals surface area (Å²) in [7, 11) is -2.39. The van der Waals surface area contributed by atoms with Gasteiger partial charge in [-0.3, -0.25) is 9.63 Å². The molecule has 0 atom stereocenters. The number of benzene rings is 2. The maximum atomic E-state index is 12.3. The van der Waals surface area contributed by atoms with Crippen molar-refractivity contribution in [3.05, 3.63) is 65.7 Å². The predicted molar refractivity (Wildman–Crippen MR) is 81.4 cm³/mol. The molecule has 0 aliphatic carbocycles. The molecule has 0 aliphatic heterocycles. The lowest BCUT2D eigenvalue weighted by molar-refractivity contribution is 0.0537. The Labute approximate surface area is 129 Å². The van der Waals surface area contributed by atoms with Crippen molar-refractivity contribution in [2.24, 2.45) is 0 Å². The lowest BCUT2D eigenvalue weighted by atomic mass is 10.2. The molecule has 0 bridgehead atoms. The third-order valence-corrected chi connectivity index (χ3v) is 4.31. The second-order valence-corrected chi connectivity index (χ2v) is 6.24. The highest BCUT2D eigenvalue weighted by atomic mass is 32.2. The van der Waals surface area contributed by atoms with E-state index in [9.17, 15) is 13.2 Å². The number of sulfonamides is 1. The zero-order valence-electron chi connectivity index (χ0n) is 11.9. The topological polar surface area (TPSA) is 84.5 Å². The largest absolute Gasteiger partial charge is 0.277 e. The van der Waals surface area contributed by atoms with Gasteiger partial charge in [-0.05, 0) is 23.8 Å². The number of hydroxylamine groups is 1. The number of carbonyl (C=O) groups is 1. The Bertz CT molecular complexity index is 745. The van der Waals surface area contributed by atoms with Gasteiger partial charge in [-0.25, -0.2) is 18.6 Å². The van der Waals surface area contributed by atoms with Crippen LogP contribution in [0.1, 0.15) is 15.9 Å². The van der Waals surface area contributed by atoms with Crippen LogP contribution in [0.3, 0.4) is 0 Å². The van der Waals surface area contributed by atoms with E-state index in [4.69, 9.17) is 0 Å². The summed E-state index contributed by atoms with van der Waals surface area (Å²) >= 11 is 0. The van der Waals surface area contributed by atoms with Gasteiger partial charge in [-0.1, -0.05) is 36.4 Å². The van der Waals surface area contributed by atoms with Crippen molar-refractivity contribution in [2.45, 2.75) is 11.4 Å². The van der Waals surface area contributed by atoms with Crippen LogP contribution >= 0.6 is 0 Å². The van der Waals surface area contributed by atoms with Crippen LogP contribution in [-0.2, 0) is 21.4 Å². The molecule has 2 rings (SSSR count). The van der Waals surface area contributed by atoms with E-state index < -0.39 is 15.9 Å². The molecule has 0 heterocycles. The lowest BCUT2D eigenvalue weighted by Crippen LogP contribution is -2.25. The fourth-order valence-electron chi connectivity index (χ4n) is 1.81. The van der Waals surface area contributed by atoms with Crippen LogP contribution in [0.2, 0.25) is 0 Å². The van der Waals surface area contributed by atoms with Crippen molar-refractivity contribution < 1.29 is 18.0 Å². The summed E-state index contributed by atoms with van der Waals surface area (Å²) < 4.78 is 27.0. The van der Waals surface area contributed by atoms with Crippen molar-refractivity contribution in [3.63, 3.8) is 0 Å². The Balaban J connectivity index is 2.15. The summed E-state index contributed by atoms with van der Waals surface area (Å²) in [6, 6.07) is 14.9. The monoisotopic (exact) mass is 320 g/mol.